The predicted molar refractivity (Wildman–Crippen MR) is 79.1 cm³/mol. The molecule has 19 heavy (non-hydrogen) atoms. The van der Waals surface area contributed by atoms with E-state index in [1.54, 1.807) is 0 Å². The first-order chi connectivity index (χ1) is 9.13. The molecule has 0 aliphatic carbocycles. The molecule has 0 saturated heterocycles. The molecule has 1 aromatic carbocycles. The second-order valence-corrected chi connectivity index (χ2v) is 5.60. The van der Waals surface area contributed by atoms with E-state index >= 15 is 0 Å². The topological polar surface area (TPSA) is 38.1 Å². The standard InChI is InChI=1S/C16H24N2O/c1-4-7-15(19)16-17-13-8-5-6-9-14(13)18(16)11-10-12(2)3/h5-6,8-9,12,15,19H,4,7,10-11H2,1-3H3/t15-/m1/s1. The highest BCUT2D eigenvalue weighted by molar-refractivity contribution is 5.76. The highest BCUT2D eigenvalue weighted by Gasteiger charge is 2.17. The van der Waals surface area contributed by atoms with Crippen molar-refractivity contribution < 1.29 is 5.11 Å². The molecule has 0 bridgehead atoms. The second-order valence-electron chi connectivity index (χ2n) is 5.60. The van der Waals surface area contributed by atoms with Crippen LogP contribution in [0.2, 0.25) is 0 Å². The molecular formula is C16H24N2O. The van der Waals surface area contributed by atoms with Gasteiger partial charge in [0.05, 0.1) is 11.0 Å². The molecule has 0 saturated carbocycles. The van der Waals surface area contributed by atoms with Crippen molar-refractivity contribution in [2.75, 3.05) is 0 Å². The monoisotopic (exact) mass is 260 g/mol. The molecule has 1 N–H and O–H groups in total. The van der Waals surface area contributed by atoms with Crippen LogP contribution in [0.3, 0.4) is 0 Å². The van der Waals surface area contributed by atoms with Crippen LogP contribution in [-0.4, -0.2) is 14.7 Å². The molecule has 0 aliphatic heterocycles. The summed E-state index contributed by atoms with van der Waals surface area (Å²) in [5.74, 6) is 1.47. The van der Waals surface area contributed by atoms with Crippen molar-refractivity contribution in [3.8, 4) is 0 Å². The molecule has 0 aliphatic rings. The summed E-state index contributed by atoms with van der Waals surface area (Å²) in [6.07, 6.45) is 2.38. The van der Waals surface area contributed by atoms with E-state index in [0.717, 1.165) is 42.7 Å². The predicted octanol–water partition coefficient (Wildman–Crippen LogP) is 3.92. The van der Waals surface area contributed by atoms with E-state index in [2.05, 4.69) is 36.4 Å². The van der Waals surface area contributed by atoms with E-state index < -0.39 is 6.10 Å². The van der Waals surface area contributed by atoms with Crippen LogP contribution in [0.1, 0.15) is 52.0 Å². The Hall–Kier alpha value is -1.35. The summed E-state index contributed by atoms with van der Waals surface area (Å²) in [5, 5.41) is 10.3. The molecule has 3 nitrogen and oxygen atoms in total. The maximum atomic E-state index is 10.3. The summed E-state index contributed by atoms with van der Waals surface area (Å²) in [6.45, 7) is 7.46. The summed E-state index contributed by atoms with van der Waals surface area (Å²) >= 11 is 0. The lowest BCUT2D eigenvalue weighted by Crippen LogP contribution is -2.10. The number of benzene rings is 1. The Morgan fingerprint density at radius 2 is 1.95 bits per heavy atom. The third kappa shape index (κ3) is 3.16. The zero-order valence-corrected chi connectivity index (χ0v) is 12.1. The fraction of sp³-hybridized carbons (Fsp3) is 0.562. The average Bonchev–Trinajstić information content (AvgIpc) is 2.75. The first-order valence-corrected chi connectivity index (χ1v) is 7.26. The van der Waals surface area contributed by atoms with E-state index in [-0.39, 0.29) is 0 Å². The largest absolute Gasteiger partial charge is 0.385 e. The number of nitrogens with zero attached hydrogens (tertiary/aromatic N) is 2. The van der Waals surface area contributed by atoms with Gasteiger partial charge in [0, 0.05) is 6.54 Å². The molecular weight excluding hydrogens is 236 g/mol. The number of imidazole rings is 1. The van der Waals surface area contributed by atoms with E-state index in [1.807, 2.05) is 18.2 Å². The Bertz CT molecular complexity index is 531. The molecule has 1 heterocycles. The van der Waals surface area contributed by atoms with Crippen molar-refractivity contribution in [2.45, 2.75) is 52.7 Å². The molecule has 2 aromatic rings. The maximum absolute atomic E-state index is 10.3. The molecule has 0 unspecified atom stereocenters. The van der Waals surface area contributed by atoms with Gasteiger partial charge in [0.2, 0.25) is 0 Å². The van der Waals surface area contributed by atoms with E-state index in [0.29, 0.717) is 5.92 Å². The molecule has 0 spiro atoms. The number of hydrogen-bond donors (Lipinski definition) is 1. The van der Waals surface area contributed by atoms with Crippen molar-refractivity contribution in [1.29, 1.82) is 0 Å². The first kappa shape index (κ1) is 14.1. The van der Waals surface area contributed by atoms with Crippen molar-refractivity contribution in [3.05, 3.63) is 30.1 Å². The van der Waals surface area contributed by atoms with Crippen LogP contribution < -0.4 is 0 Å². The lowest BCUT2D eigenvalue weighted by Gasteiger charge is -2.14. The van der Waals surface area contributed by atoms with Gasteiger partial charge in [0.1, 0.15) is 11.9 Å². The Balaban J connectivity index is 2.39. The van der Waals surface area contributed by atoms with E-state index in [4.69, 9.17) is 0 Å². The van der Waals surface area contributed by atoms with Crippen molar-refractivity contribution in [2.24, 2.45) is 5.92 Å². The van der Waals surface area contributed by atoms with Crippen LogP contribution in [-0.2, 0) is 6.54 Å². The highest BCUT2D eigenvalue weighted by Crippen LogP contribution is 2.24. The molecule has 3 heteroatoms. The number of aliphatic hydroxyl groups excluding tert-OH is 1. The van der Waals surface area contributed by atoms with Crippen LogP contribution in [0.5, 0.6) is 0 Å². The van der Waals surface area contributed by atoms with Crippen molar-refractivity contribution in [3.63, 3.8) is 0 Å². The molecule has 1 aromatic heterocycles. The zero-order valence-electron chi connectivity index (χ0n) is 12.1. The molecule has 0 amide bonds. The van der Waals surface area contributed by atoms with Gasteiger partial charge in [-0.15, -0.1) is 0 Å². The van der Waals surface area contributed by atoms with Crippen LogP contribution in [0.15, 0.2) is 24.3 Å². The Morgan fingerprint density at radius 1 is 1.21 bits per heavy atom. The van der Waals surface area contributed by atoms with Gasteiger partial charge in [-0.05, 0) is 30.9 Å². The lowest BCUT2D eigenvalue weighted by molar-refractivity contribution is 0.152. The fourth-order valence-electron chi connectivity index (χ4n) is 2.37. The molecule has 104 valence electrons. The minimum atomic E-state index is -0.454. The van der Waals surface area contributed by atoms with Gasteiger partial charge in [-0.2, -0.15) is 0 Å². The number of rotatable bonds is 6. The van der Waals surface area contributed by atoms with Crippen LogP contribution in [0, 0.1) is 5.92 Å². The SMILES string of the molecule is CCC[C@@H](O)c1nc2ccccc2n1CCC(C)C. The summed E-state index contributed by atoms with van der Waals surface area (Å²) in [6, 6.07) is 8.14. The quantitative estimate of drug-likeness (QED) is 0.855. The van der Waals surface area contributed by atoms with Crippen LogP contribution in [0.4, 0.5) is 0 Å². The maximum Gasteiger partial charge on any atom is 0.138 e. The third-order valence-electron chi connectivity index (χ3n) is 3.47. The van der Waals surface area contributed by atoms with E-state index in [9.17, 15) is 5.11 Å². The number of hydrogen-bond acceptors (Lipinski definition) is 2. The highest BCUT2D eigenvalue weighted by atomic mass is 16.3. The van der Waals surface area contributed by atoms with Gasteiger partial charge < -0.3 is 9.67 Å². The molecule has 0 fully saturated rings. The molecule has 2 rings (SSSR count). The smallest absolute Gasteiger partial charge is 0.138 e. The number of aliphatic hydroxyl groups is 1. The number of para-hydroxylation sites is 2. The van der Waals surface area contributed by atoms with Gasteiger partial charge in [0.25, 0.3) is 0 Å². The van der Waals surface area contributed by atoms with Gasteiger partial charge in [-0.3, -0.25) is 0 Å². The minimum Gasteiger partial charge on any atom is -0.385 e. The first-order valence-electron chi connectivity index (χ1n) is 7.26. The minimum absolute atomic E-state index is 0.454. The van der Waals surface area contributed by atoms with Crippen molar-refractivity contribution in [1.82, 2.24) is 9.55 Å². The summed E-state index contributed by atoms with van der Waals surface area (Å²) in [4.78, 5) is 4.62. The molecule has 0 radical (unpaired) electrons. The van der Waals surface area contributed by atoms with Gasteiger partial charge in [0.15, 0.2) is 0 Å². The zero-order chi connectivity index (χ0) is 13.8. The summed E-state index contributed by atoms with van der Waals surface area (Å²) in [5.41, 5.74) is 2.12. The average molecular weight is 260 g/mol. The van der Waals surface area contributed by atoms with Crippen molar-refractivity contribution >= 4 is 11.0 Å². The summed E-state index contributed by atoms with van der Waals surface area (Å²) in [7, 11) is 0. The van der Waals surface area contributed by atoms with Crippen LogP contribution >= 0.6 is 0 Å². The Morgan fingerprint density at radius 3 is 2.63 bits per heavy atom. The summed E-state index contributed by atoms with van der Waals surface area (Å²) < 4.78 is 2.19. The second kappa shape index (κ2) is 6.20. The van der Waals surface area contributed by atoms with Gasteiger partial charge in [-0.25, -0.2) is 4.98 Å². The van der Waals surface area contributed by atoms with Crippen LogP contribution in [0.25, 0.3) is 11.0 Å². The third-order valence-corrected chi connectivity index (χ3v) is 3.47. The number of fused-ring (bicyclic) bond motifs is 1. The fourth-order valence-corrected chi connectivity index (χ4v) is 2.37. The number of aryl methyl sites for hydroxylation is 1. The Kier molecular flexibility index (Phi) is 4.59. The Labute approximate surface area is 115 Å². The van der Waals surface area contributed by atoms with Gasteiger partial charge in [-0.1, -0.05) is 39.3 Å². The normalized spacial score (nSPS) is 13.3. The lowest BCUT2D eigenvalue weighted by atomic mass is 10.1. The van der Waals surface area contributed by atoms with Gasteiger partial charge >= 0.3 is 0 Å². The molecule has 1 atom stereocenters. The van der Waals surface area contributed by atoms with E-state index in [1.165, 1.54) is 0 Å². The number of aromatic nitrogens is 2.